The SMILES string of the molecule is CC/C=C\C/C=C\C/C=C\C/C=C\C/C=C\C/C=C\C/C=C\CCCC(=O)OC(CO)COC(=O)CCCCCCCCCCCCCCCCCCCCCCCCC/C=C\C/C=C\C/C=C\C/C=C\C/C=C\CC. The summed E-state index contributed by atoms with van der Waals surface area (Å²) in [6, 6.07) is 0. The van der Waals surface area contributed by atoms with E-state index in [4.69, 9.17) is 9.47 Å². The molecule has 0 aromatic carbocycles. The van der Waals surface area contributed by atoms with Crippen LogP contribution in [0.3, 0.4) is 0 Å². The number of unbranched alkanes of at least 4 members (excludes halogenated alkanes) is 24. The minimum Gasteiger partial charge on any atom is -0.462 e. The molecule has 0 aliphatic heterocycles. The van der Waals surface area contributed by atoms with Crippen LogP contribution in [-0.4, -0.2) is 36.4 Å². The van der Waals surface area contributed by atoms with E-state index < -0.39 is 6.10 Å². The van der Waals surface area contributed by atoms with E-state index >= 15 is 0 Å². The minimum absolute atomic E-state index is 0.0947. The fraction of sp³-hybridized carbons (Fsp3) is 0.634. The number of rotatable bonds is 56. The summed E-state index contributed by atoms with van der Waals surface area (Å²) in [7, 11) is 0. The van der Waals surface area contributed by atoms with Gasteiger partial charge in [-0.1, -0.05) is 295 Å². The molecule has 5 nitrogen and oxygen atoms in total. The Kier molecular flexibility index (Phi) is 61.5. The standard InChI is InChI=1S/C71H116O5/c1-3-5-7-9-11-13-15-17-19-21-23-25-27-28-29-30-31-32-33-34-35-36-37-38-39-40-41-42-44-45-47-49-51-53-55-57-59-61-63-65-70(73)75-68-69(67-72)76-71(74)66-64-62-60-58-56-54-52-50-48-46-43-26-24-22-20-18-16-14-12-10-8-6-4-2/h5-8,11-14,17-20,23-26,28-29,46,48,52,54,58,60,69,72H,3-4,9-10,15-16,21-22,27,30-45,47,49-51,53,55-57,59,61-68H2,1-2H3/b7-5-,8-6-,13-11-,14-12-,19-17-,20-18-,25-23-,26-24-,29-28-,48-46-,54-52-,60-58-. The average molecular weight is 1050 g/mol. The molecule has 1 N–H and O–H groups in total. The van der Waals surface area contributed by atoms with Crippen molar-refractivity contribution in [1.29, 1.82) is 0 Å². The molecule has 1 unspecified atom stereocenters. The quantitative estimate of drug-likeness (QED) is 0.0373. The van der Waals surface area contributed by atoms with Crippen molar-refractivity contribution in [3.05, 3.63) is 146 Å². The van der Waals surface area contributed by atoms with Gasteiger partial charge in [0, 0.05) is 12.8 Å². The third-order valence-corrected chi connectivity index (χ3v) is 13.1. The number of carbonyl (C=O) groups excluding carboxylic acids is 2. The first-order chi connectivity index (χ1) is 37.6. The van der Waals surface area contributed by atoms with Gasteiger partial charge in [0.05, 0.1) is 6.61 Å². The second-order valence-electron chi connectivity index (χ2n) is 20.4. The monoisotopic (exact) mass is 1050 g/mol. The van der Waals surface area contributed by atoms with Gasteiger partial charge in [0.2, 0.25) is 0 Å². The van der Waals surface area contributed by atoms with Crippen molar-refractivity contribution < 1.29 is 24.2 Å². The predicted octanol–water partition coefficient (Wildman–Crippen LogP) is 21.8. The van der Waals surface area contributed by atoms with Crippen LogP contribution in [0.1, 0.15) is 271 Å². The number of esters is 2. The topological polar surface area (TPSA) is 72.8 Å². The van der Waals surface area contributed by atoms with E-state index in [1.807, 2.05) is 0 Å². The molecule has 5 heteroatoms. The molecular weight excluding hydrogens is 933 g/mol. The van der Waals surface area contributed by atoms with Crippen molar-refractivity contribution in [2.75, 3.05) is 13.2 Å². The summed E-state index contributed by atoms with van der Waals surface area (Å²) >= 11 is 0. The van der Waals surface area contributed by atoms with Crippen molar-refractivity contribution in [3.63, 3.8) is 0 Å². The molecule has 0 rings (SSSR count). The molecule has 0 aromatic heterocycles. The van der Waals surface area contributed by atoms with E-state index in [1.165, 1.54) is 135 Å². The van der Waals surface area contributed by atoms with Gasteiger partial charge in [0.15, 0.2) is 6.10 Å². The summed E-state index contributed by atoms with van der Waals surface area (Å²) in [5, 5.41) is 9.66. The lowest BCUT2D eigenvalue weighted by molar-refractivity contribution is -0.161. The highest BCUT2D eigenvalue weighted by molar-refractivity contribution is 5.70. The van der Waals surface area contributed by atoms with Crippen LogP contribution >= 0.6 is 0 Å². The van der Waals surface area contributed by atoms with Gasteiger partial charge in [-0.05, 0) is 109 Å². The molecule has 0 aromatic rings. The summed E-state index contributed by atoms with van der Waals surface area (Å²) < 4.78 is 10.7. The van der Waals surface area contributed by atoms with Crippen LogP contribution in [0.15, 0.2) is 146 Å². The highest BCUT2D eigenvalue weighted by Gasteiger charge is 2.16. The van der Waals surface area contributed by atoms with E-state index in [9.17, 15) is 14.7 Å². The van der Waals surface area contributed by atoms with Gasteiger partial charge < -0.3 is 14.6 Å². The lowest BCUT2D eigenvalue weighted by Crippen LogP contribution is -2.28. The maximum absolute atomic E-state index is 12.3. The smallest absolute Gasteiger partial charge is 0.306 e. The van der Waals surface area contributed by atoms with Gasteiger partial charge >= 0.3 is 11.9 Å². The molecule has 1 atom stereocenters. The number of hydrogen-bond donors (Lipinski definition) is 1. The average Bonchev–Trinajstić information content (AvgIpc) is 3.42. The Morgan fingerprint density at radius 2 is 0.539 bits per heavy atom. The fourth-order valence-corrected chi connectivity index (χ4v) is 8.51. The third-order valence-electron chi connectivity index (χ3n) is 13.1. The fourth-order valence-electron chi connectivity index (χ4n) is 8.51. The van der Waals surface area contributed by atoms with Crippen LogP contribution in [0.4, 0.5) is 0 Å². The van der Waals surface area contributed by atoms with Gasteiger partial charge in [0.1, 0.15) is 6.61 Å². The van der Waals surface area contributed by atoms with Gasteiger partial charge in [-0.25, -0.2) is 0 Å². The minimum atomic E-state index is -0.812. The second kappa shape index (κ2) is 65.1. The molecule has 0 spiro atoms. The maximum atomic E-state index is 12.3. The summed E-state index contributed by atoms with van der Waals surface area (Å²) in [5.41, 5.74) is 0. The van der Waals surface area contributed by atoms with E-state index in [0.29, 0.717) is 12.8 Å². The van der Waals surface area contributed by atoms with E-state index in [0.717, 1.165) is 103 Å². The molecule has 0 bridgehead atoms. The normalized spacial score (nSPS) is 13.2. The number of hydrogen-bond acceptors (Lipinski definition) is 5. The second-order valence-corrected chi connectivity index (χ2v) is 20.4. The molecule has 0 aliphatic carbocycles. The van der Waals surface area contributed by atoms with E-state index in [2.05, 4.69) is 160 Å². The number of aliphatic hydroxyl groups excluding tert-OH is 1. The Hall–Kier alpha value is -4.22. The highest BCUT2D eigenvalue weighted by Crippen LogP contribution is 2.16. The van der Waals surface area contributed by atoms with Gasteiger partial charge in [-0.3, -0.25) is 9.59 Å². The first-order valence-corrected chi connectivity index (χ1v) is 31.4. The van der Waals surface area contributed by atoms with Gasteiger partial charge in [0.25, 0.3) is 0 Å². The predicted molar refractivity (Wildman–Crippen MR) is 334 cm³/mol. The zero-order valence-electron chi connectivity index (χ0n) is 49.2. The lowest BCUT2D eigenvalue weighted by Gasteiger charge is -2.15. The van der Waals surface area contributed by atoms with Crippen molar-refractivity contribution in [2.24, 2.45) is 0 Å². The lowest BCUT2D eigenvalue weighted by atomic mass is 10.0. The van der Waals surface area contributed by atoms with Gasteiger partial charge in [-0.15, -0.1) is 0 Å². The summed E-state index contributed by atoms with van der Waals surface area (Å²) in [6.45, 7) is 3.87. The van der Waals surface area contributed by atoms with Crippen LogP contribution < -0.4 is 0 Å². The molecule has 76 heavy (non-hydrogen) atoms. The first-order valence-electron chi connectivity index (χ1n) is 31.4. The Bertz CT molecular complexity index is 1610. The molecule has 0 fully saturated rings. The number of aliphatic hydroxyl groups is 1. The van der Waals surface area contributed by atoms with E-state index in [-0.39, 0.29) is 31.6 Å². The molecule has 430 valence electrons. The van der Waals surface area contributed by atoms with E-state index in [1.54, 1.807) is 0 Å². The Balaban J connectivity index is 3.51. The van der Waals surface area contributed by atoms with Crippen molar-refractivity contribution >= 4 is 11.9 Å². The number of allylic oxidation sites excluding steroid dienone is 24. The Labute approximate surface area is 469 Å². The molecule has 0 heterocycles. The van der Waals surface area contributed by atoms with Crippen LogP contribution in [-0.2, 0) is 19.1 Å². The zero-order chi connectivity index (χ0) is 54.8. The molecule has 0 aliphatic rings. The van der Waals surface area contributed by atoms with Crippen molar-refractivity contribution in [1.82, 2.24) is 0 Å². The molecule has 0 saturated carbocycles. The summed E-state index contributed by atoms with van der Waals surface area (Å²) in [5.74, 6) is -0.660. The zero-order valence-corrected chi connectivity index (χ0v) is 49.2. The maximum Gasteiger partial charge on any atom is 0.306 e. The van der Waals surface area contributed by atoms with Crippen LogP contribution in [0.25, 0.3) is 0 Å². The number of carbonyl (C=O) groups is 2. The Morgan fingerprint density at radius 1 is 0.303 bits per heavy atom. The van der Waals surface area contributed by atoms with Crippen LogP contribution in [0.2, 0.25) is 0 Å². The van der Waals surface area contributed by atoms with Crippen LogP contribution in [0.5, 0.6) is 0 Å². The molecular formula is C71H116O5. The third kappa shape index (κ3) is 62.3. The molecule has 0 radical (unpaired) electrons. The van der Waals surface area contributed by atoms with Gasteiger partial charge in [-0.2, -0.15) is 0 Å². The van der Waals surface area contributed by atoms with Crippen molar-refractivity contribution in [2.45, 2.75) is 277 Å². The molecule has 0 saturated heterocycles. The highest BCUT2D eigenvalue weighted by atomic mass is 16.6. The summed E-state index contributed by atoms with van der Waals surface area (Å²) in [4.78, 5) is 24.5. The van der Waals surface area contributed by atoms with Crippen LogP contribution in [0, 0.1) is 0 Å². The first kappa shape index (κ1) is 71.8. The Morgan fingerprint density at radius 3 is 0.829 bits per heavy atom. The number of ether oxygens (including phenoxy) is 2. The largest absolute Gasteiger partial charge is 0.462 e. The van der Waals surface area contributed by atoms with Crippen molar-refractivity contribution in [3.8, 4) is 0 Å². The molecule has 0 amide bonds. The summed E-state index contributed by atoms with van der Waals surface area (Å²) in [6.07, 6.45) is 98.6.